The molecule has 0 spiro atoms. The zero-order chi connectivity index (χ0) is 22.1. The number of ether oxygens (including phenoxy) is 2. The maximum atomic E-state index is 13.3. The summed E-state index contributed by atoms with van der Waals surface area (Å²) in [6.07, 6.45) is 0. The van der Waals surface area contributed by atoms with Crippen LogP contribution >= 0.6 is 11.3 Å². The maximum absolute atomic E-state index is 13.3. The number of carbonyl (C=O) groups is 1. The van der Waals surface area contributed by atoms with Crippen molar-refractivity contribution in [3.63, 3.8) is 0 Å². The molecule has 1 unspecified atom stereocenters. The fraction of sp³-hybridized carbons (Fsp3) is 0.273. The molecule has 10 heteroatoms. The van der Waals surface area contributed by atoms with Crippen LogP contribution in [0.15, 0.2) is 53.9 Å². The minimum absolute atomic E-state index is 0.0507. The summed E-state index contributed by atoms with van der Waals surface area (Å²) in [4.78, 5) is 19.8. The van der Waals surface area contributed by atoms with Gasteiger partial charge in [0.15, 0.2) is 26.5 Å². The van der Waals surface area contributed by atoms with Crippen LogP contribution in [0.1, 0.15) is 11.6 Å². The molecular weight excluding hydrogens is 450 g/mol. The van der Waals surface area contributed by atoms with Crippen molar-refractivity contribution in [1.82, 2.24) is 9.88 Å². The third-order valence-electron chi connectivity index (χ3n) is 5.51. The van der Waals surface area contributed by atoms with Crippen LogP contribution in [0.5, 0.6) is 11.5 Å². The molecule has 1 saturated heterocycles. The monoisotopic (exact) mass is 471 g/mol. The zero-order valence-corrected chi connectivity index (χ0v) is 18.7. The van der Waals surface area contributed by atoms with Crippen molar-refractivity contribution >= 4 is 32.2 Å². The smallest absolute Gasteiger partial charge is 0.248 e. The normalized spacial score (nSPS) is 18.2. The minimum atomic E-state index is -3.05. The van der Waals surface area contributed by atoms with Gasteiger partial charge in [-0.05, 0) is 23.8 Å². The Balaban J connectivity index is 1.36. The van der Waals surface area contributed by atoms with E-state index >= 15 is 0 Å². The van der Waals surface area contributed by atoms with Gasteiger partial charge in [0.1, 0.15) is 6.04 Å². The van der Waals surface area contributed by atoms with E-state index in [1.807, 2.05) is 58.8 Å². The third kappa shape index (κ3) is 4.34. The van der Waals surface area contributed by atoms with Crippen molar-refractivity contribution < 1.29 is 22.7 Å². The van der Waals surface area contributed by atoms with Crippen LogP contribution in [0.25, 0.3) is 11.3 Å². The van der Waals surface area contributed by atoms with Gasteiger partial charge in [0.2, 0.25) is 12.7 Å². The first-order valence-corrected chi connectivity index (χ1v) is 12.8. The first kappa shape index (κ1) is 20.9. The van der Waals surface area contributed by atoms with Gasteiger partial charge in [0.25, 0.3) is 0 Å². The fourth-order valence-electron chi connectivity index (χ4n) is 3.84. The van der Waals surface area contributed by atoms with Crippen molar-refractivity contribution in [3.8, 4) is 22.8 Å². The van der Waals surface area contributed by atoms with E-state index in [9.17, 15) is 13.2 Å². The van der Waals surface area contributed by atoms with Crippen LogP contribution in [0, 0.1) is 0 Å². The van der Waals surface area contributed by atoms with E-state index < -0.39 is 15.9 Å². The summed E-state index contributed by atoms with van der Waals surface area (Å²) < 4.78 is 34.5. The standard InChI is InChI=1S/C22H21N3O5S2/c26-21(20(15-4-2-1-3-5-15)25-8-10-32(27,28)11-9-25)24-22-23-17(13-31-22)16-6-7-18-19(12-16)30-14-29-18/h1-7,12-13,20H,8-11,14H2,(H,23,24,26). The Bertz CT molecular complexity index is 1230. The second kappa shape index (κ2) is 8.53. The summed E-state index contributed by atoms with van der Waals surface area (Å²) in [5, 5.41) is 5.28. The highest BCUT2D eigenvalue weighted by molar-refractivity contribution is 7.91. The first-order chi connectivity index (χ1) is 15.5. The van der Waals surface area contributed by atoms with E-state index in [0.29, 0.717) is 29.7 Å². The molecule has 1 aromatic heterocycles. The van der Waals surface area contributed by atoms with Crippen LogP contribution in [0.3, 0.4) is 0 Å². The predicted molar refractivity (Wildman–Crippen MR) is 122 cm³/mol. The second-order valence-electron chi connectivity index (χ2n) is 7.60. The van der Waals surface area contributed by atoms with Crippen LogP contribution in [0.2, 0.25) is 0 Å². The zero-order valence-electron chi connectivity index (χ0n) is 17.1. The molecule has 2 aliphatic heterocycles. The number of benzene rings is 2. The Morgan fingerprint density at radius 1 is 1.06 bits per heavy atom. The molecule has 1 N–H and O–H groups in total. The highest BCUT2D eigenvalue weighted by Crippen LogP contribution is 2.36. The molecule has 1 atom stereocenters. The summed E-state index contributed by atoms with van der Waals surface area (Å²) in [5.41, 5.74) is 2.41. The largest absolute Gasteiger partial charge is 0.454 e. The van der Waals surface area contributed by atoms with Crippen LogP contribution < -0.4 is 14.8 Å². The number of sulfone groups is 1. The van der Waals surface area contributed by atoms with E-state index in [4.69, 9.17) is 9.47 Å². The SMILES string of the molecule is O=C(Nc1nc(-c2ccc3c(c2)OCO3)cs1)C(c1ccccc1)N1CCS(=O)(=O)CC1. The van der Waals surface area contributed by atoms with Gasteiger partial charge in [-0.15, -0.1) is 11.3 Å². The third-order valence-corrected chi connectivity index (χ3v) is 7.88. The van der Waals surface area contributed by atoms with E-state index in [0.717, 1.165) is 16.8 Å². The second-order valence-corrected chi connectivity index (χ2v) is 10.8. The average Bonchev–Trinajstić information content (AvgIpc) is 3.45. The summed E-state index contributed by atoms with van der Waals surface area (Å²) in [5.74, 6) is 1.24. The van der Waals surface area contributed by atoms with E-state index in [-0.39, 0.29) is 24.2 Å². The van der Waals surface area contributed by atoms with Gasteiger partial charge in [-0.3, -0.25) is 9.69 Å². The molecule has 5 rings (SSSR count). The number of amides is 1. The first-order valence-electron chi connectivity index (χ1n) is 10.1. The quantitative estimate of drug-likeness (QED) is 0.611. The molecule has 3 aromatic rings. The minimum Gasteiger partial charge on any atom is -0.454 e. The molecule has 0 aliphatic carbocycles. The topological polar surface area (TPSA) is 97.8 Å². The fourth-order valence-corrected chi connectivity index (χ4v) is 5.79. The molecule has 8 nitrogen and oxygen atoms in total. The van der Waals surface area contributed by atoms with Crippen molar-refractivity contribution in [3.05, 3.63) is 59.5 Å². The van der Waals surface area contributed by atoms with E-state index in [1.54, 1.807) is 0 Å². The average molecular weight is 472 g/mol. The Morgan fingerprint density at radius 3 is 2.59 bits per heavy atom. The van der Waals surface area contributed by atoms with Gasteiger partial charge in [0.05, 0.1) is 17.2 Å². The molecule has 0 radical (unpaired) electrons. The van der Waals surface area contributed by atoms with Crippen LogP contribution in [-0.4, -0.2) is 55.6 Å². The van der Waals surface area contributed by atoms with Crippen molar-refractivity contribution in [1.29, 1.82) is 0 Å². The van der Waals surface area contributed by atoms with Crippen LogP contribution in [-0.2, 0) is 14.6 Å². The van der Waals surface area contributed by atoms with Gasteiger partial charge in [-0.1, -0.05) is 30.3 Å². The molecule has 1 fully saturated rings. The maximum Gasteiger partial charge on any atom is 0.248 e. The number of nitrogens with one attached hydrogen (secondary N) is 1. The summed E-state index contributed by atoms with van der Waals surface area (Å²) >= 11 is 1.34. The molecular formula is C22H21N3O5S2. The lowest BCUT2D eigenvalue weighted by molar-refractivity contribution is -0.121. The van der Waals surface area contributed by atoms with Gasteiger partial charge in [-0.25, -0.2) is 13.4 Å². The number of hydrogen-bond donors (Lipinski definition) is 1. The lowest BCUT2D eigenvalue weighted by Gasteiger charge is -2.33. The Kier molecular flexibility index (Phi) is 5.58. The Labute approximate surface area is 189 Å². The van der Waals surface area contributed by atoms with Gasteiger partial charge in [-0.2, -0.15) is 0 Å². The summed E-state index contributed by atoms with van der Waals surface area (Å²) in [7, 11) is -3.05. The molecule has 2 aliphatic rings. The number of nitrogens with zero attached hydrogens (tertiary/aromatic N) is 2. The van der Waals surface area contributed by atoms with Crippen LogP contribution in [0.4, 0.5) is 5.13 Å². The number of carbonyl (C=O) groups excluding carboxylic acids is 1. The molecule has 2 aromatic carbocycles. The molecule has 0 bridgehead atoms. The summed E-state index contributed by atoms with van der Waals surface area (Å²) in [6, 6.07) is 14.4. The molecule has 0 saturated carbocycles. The number of aromatic nitrogens is 1. The molecule has 1 amide bonds. The number of thiazole rings is 1. The lowest BCUT2D eigenvalue weighted by Crippen LogP contribution is -2.46. The Morgan fingerprint density at radius 2 is 1.81 bits per heavy atom. The van der Waals surface area contributed by atoms with Crippen molar-refractivity contribution in [2.75, 3.05) is 36.7 Å². The number of anilines is 1. The lowest BCUT2D eigenvalue weighted by atomic mass is 10.0. The van der Waals surface area contributed by atoms with E-state index in [2.05, 4.69) is 10.3 Å². The van der Waals surface area contributed by atoms with E-state index in [1.165, 1.54) is 11.3 Å². The highest BCUT2D eigenvalue weighted by atomic mass is 32.2. The van der Waals surface area contributed by atoms with Gasteiger partial charge >= 0.3 is 0 Å². The van der Waals surface area contributed by atoms with Gasteiger partial charge in [0, 0.05) is 24.0 Å². The van der Waals surface area contributed by atoms with Crippen molar-refractivity contribution in [2.24, 2.45) is 0 Å². The number of hydrogen-bond acceptors (Lipinski definition) is 8. The molecule has 166 valence electrons. The van der Waals surface area contributed by atoms with Gasteiger partial charge < -0.3 is 14.8 Å². The van der Waals surface area contributed by atoms with Crippen molar-refractivity contribution in [2.45, 2.75) is 6.04 Å². The number of rotatable bonds is 5. The molecule has 3 heterocycles. The number of fused-ring (bicyclic) bond motifs is 1. The highest BCUT2D eigenvalue weighted by Gasteiger charge is 2.33. The molecule has 32 heavy (non-hydrogen) atoms. The summed E-state index contributed by atoms with van der Waals surface area (Å²) in [6.45, 7) is 0.834. The predicted octanol–water partition coefficient (Wildman–Crippen LogP) is 2.95. The Hall–Kier alpha value is -2.95.